The van der Waals surface area contributed by atoms with Crippen LogP contribution in [-0.4, -0.2) is 54.1 Å². The van der Waals surface area contributed by atoms with E-state index in [9.17, 15) is 13.6 Å². The molecule has 2 aliphatic rings. The summed E-state index contributed by atoms with van der Waals surface area (Å²) >= 11 is 0. The number of amides is 1. The fourth-order valence-corrected chi connectivity index (χ4v) is 4.45. The van der Waals surface area contributed by atoms with E-state index in [1.807, 2.05) is 13.8 Å². The molecule has 1 amide bonds. The van der Waals surface area contributed by atoms with E-state index in [2.05, 4.69) is 22.0 Å². The molecular weight excluding hydrogens is 386 g/mol. The number of piperazine rings is 1. The number of nitrogens with one attached hydrogen (secondary N) is 1. The summed E-state index contributed by atoms with van der Waals surface area (Å²) in [6, 6.07) is 4.10. The molecule has 1 aromatic carbocycles. The summed E-state index contributed by atoms with van der Waals surface area (Å²) in [5.74, 6) is -1.34. The third kappa shape index (κ3) is 3.95. The number of likely N-dealkylation sites (N-methyl/N-ethyl adjacent to an activating group) is 1. The van der Waals surface area contributed by atoms with Crippen molar-refractivity contribution >= 4 is 11.6 Å². The normalized spacial score (nSPS) is 17.4. The van der Waals surface area contributed by atoms with Gasteiger partial charge < -0.3 is 19.7 Å². The number of rotatable bonds is 6. The summed E-state index contributed by atoms with van der Waals surface area (Å²) in [5, 5.41) is 3.05. The number of carbonyl (C=O) groups excluding carboxylic acids is 1. The molecule has 2 aromatic rings. The lowest BCUT2D eigenvalue weighted by Crippen LogP contribution is -2.46. The lowest BCUT2D eigenvalue weighted by atomic mass is 10.1. The molecule has 5 nitrogen and oxygen atoms in total. The van der Waals surface area contributed by atoms with Crippen molar-refractivity contribution in [3.63, 3.8) is 0 Å². The van der Waals surface area contributed by atoms with Crippen LogP contribution in [0, 0.1) is 25.5 Å². The molecule has 1 saturated carbocycles. The minimum absolute atomic E-state index is 0.00642. The Hall–Kier alpha value is -2.41. The lowest BCUT2D eigenvalue weighted by molar-refractivity contribution is 0.0941. The number of hydrogen-bond donors (Lipinski definition) is 1. The van der Waals surface area contributed by atoms with Crippen LogP contribution in [0.2, 0.25) is 0 Å². The van der Waals surface area contributed by atoms with Crippen molar-refractivity contribution in [1.29, 1.82) is 0 Å². The predicted octanol–water partition coefficient (Wildman–Crippen LogP) is 3.47. The first-order valence-electron chi connectivity index (χ1n) is 10.8. The molecule has 162 valence electrons. The first-order valence-corrected chi connectivity index (χ1v) is 10.8. The van der Waals surface area contributed by atoms with E-state index >= 15 is 0 Å². The van der Waals surface area contributed by atoms with Gasteiger partial charge in [0.05, 0.1) is 12.2 Å². The number of aromatic nitrogens is 1. The Morgan fingerprint density at radius 1 is 1.10 bits per heavy atom. The molecular formula is C23H30F2N4O. The molecule has 2 heterocycles. The second-order valence-corrected chi connectivity index (χ2v) is 8.36. The molecule has 0 unspecified atom stereocenters. The minimum atomic E-state index is -0.590. The average Bonchev–Trinajstić information content (AvgIpc) is 3.50. The highest BCUT2D eigenvalue weighted by atomic mass is 19.1. The number of anilines is 1. The summed E-state index contributed by atoms with van der Waals surface area (Å²) in [4.78, 5) is 17.8. The van der Waals surface area contributed by atoms with Crippen LogP contribution in [0.5, 0.6) is 0 Å². The quantitative estimate of drug-likeness (QED) is 0.784. The van der Waals surface area contributed by atoms with Crippen molar-refractivity contribution in [1.82, 2.24) is 14.8 Å². The maximum Gasteiger partial charge on any atom is 0.268 e. The van der Waals surface area contributed by atoms with Crippen molar-refractivity contribution in [2.75, 3.05) is 37.6 Å². The summed E-state index contributed by atoms with van der Waals surface area (Å²) in [7, 11) is 0. The zero-order chi connectivity index (χ0) is 21.4. The third-order valence-electron chi connectivity index (χ3n) is 6.37. The van der Waals surface area contributed by atoms with Crippen LogP contribution in [0.3, 0.4) is 0 Å². The summed E-state index contributed by atoms with van der Waals surface area (Å²) in [5.41, 5.74) is 3.27. The van der Waals surface area contributed by atoms with Gasteiger partial charge in [0.2, 0.25) is 0 Å². The van der Waals surface area contributed by atoms with E-state index in [1.165, 1.54) is 18.2 Å². The molecule has 0 bridgehead atoms. The van der Waals surface area contributed by atoms with Gasteiger partial charge in [0.1, 0.15) is 17.3 Å². The molecule has 0 radical (unpaired) electrons. The fourth-order valence-electron chi connectivity index (χ4n) is 4.45. The average molecular weight is 417 g/mol. The largest absolute Gasteiger partial charge is 0.367 e. The standard InChI is InChI=1S/C23H30F2N4O/c1-4-27-10-12-28(13-11-27)21-15(2)22(23(30)26-17-8-9-17)29(16(21)3)14-18-19(24)6-5-7-20(18)25/h5-7,17H,4,8-14H2,1-3H3,(H,26,30). The zero-order valence-electron chi connectivity index (χ0n) is 18.0. The zero-order valence-corrected chi connectivity index (χ0v) is 18.0. The monoisotopic (exact) mass is 416 g/mol. The van der Waals surface area contributed by atoms with Crippen LogP contribution in [0.15, 0.2) is 18.2 Å². The van der Waals surface area contributed by atoms with Gasteiger partial charge in [-0.2, -0.15) is 0 Å². The van der Waals surface area contributed by atoms with Gasteiger partial charge in [-0.15, -0.1) is 0 Å². The Labute approximate surface area is 176 Å². The molecule has 4 rings (SSSR count). The summed E-state index contributed by atoms with van der Waals surface area (Å²) in [6.45, 7) is 10.7. The number of halogens is 2. The van der Waals surface area contributed by atoms with Gasteiger partial charge >= 0.3 is 0 Å². The topological polar surface area (TPSA) is 40.5 Å². The molecule has 1 aliphatic carbocycles. The lowest BCUT2D eigenvalue weighted by Gasteiger charge is -2.36. The van der Waals surface area contributed by atoms with Crippen molar-refractivity contribution in [2.45, 2.75) is 46.2 Å². The Kier molecular flexibility index (Phi) is 5.82. The molecule has 30 heavy (non-hydrogen) atoms. The third-order valence-corrected chi connectivity index (χ3v) is 6.37. The molecule has 7 heteroatoms. The van der Waals surface area contributed by atoms with Gasteiger partial charge in [-0.3, -0.25) is 4.79 Å². The van der Waals surface area contributed by atoms with Crippen LogP contribution in [0.1, 0.15) is 47.1 Å². The SMILES string of the molecule is CCN1CCN(c2c(C)c(C(=O)NC3CC3)n(Cc3c(F)cccc3F)c2C)CC1. The van der Waals surface area contributed by atoms with Crippen LogP contribution >= 0.6 is 0 Å². The molecule has 0 atom stereocenters. The highest BCUT2D eigenvalue weighted by molar-refractivity contribution is 5.97. The number of benzene rings is 1. The van der Waals surface area contributed by atoms with E-state index in [0.717, 1.165) is 62.5 Å². The molecule has 1 aromatic heterocycles. The Morgan fingerprint density at radius 3 is 2.30 bits per heavy atom. The van der Waals surface area contributed by atoms with Gasteiger partial charge in [-0.1, -0.05) is 13.0 Å². The van der Waals surface area contributed by atoms with E-state index in [0.29, 0.717) is 5.69 Å². The van der Waals surface area contributed by atoms with Gasteiger partial charge in [0.15, 0.2) is 0 Å². The molecule has 2 fully saturated rings. The van der Waals surface area contributed by atoms with Gasteiger partial charge in [-0.25, -0.2) is 8.78 Å². The van der Waals surface area contributed by atoms with E-state index < -0.39 is 11.6 Å². The van der Waals surface area contributed by atoms with Crippen LogP contribution in [-0.2, 0) is 6.54 Å². The highest BCUT2D eigenvalue weighted by Crippen LogP contribution is 2.33. The van der Waals surface area contributed by atoms with E-state index in [-0.39, 0.29) is 24.1 Å². The van der Waals surface area contributed by atoms with Crippen molar-refractivity contribution < 1.29 is 13.6 Å². The Balaban J connectivity index is 1.74. The Morgan fingerprint density at radius 2 is 1.73 bits per heavy atom. The molecule has 0 spiro atoms. The molecule has 1 aliphatic heterocycles. The maximum atomic E-state index is 14.4. The number of carbonyl (C=O) groups is 1. The Bertz CT molecular complexity index is 923. The second kappa shape index (κ2) is 8.38. The second-order valence-electron chi connectivity index (χ2n) is 8.36. The predicted molar refractivity (Wildman–Crippen MR) is 114 cm³/mol. The van der Waals surface area contributed by atoms with Gasteiger partial charge in [0.25, 0.3) is 5.91 Å². The van der Waals surface area contributed by atoms with Crippen LogP contribution in [0.25, 0.3) is 0 Å². The first-order chi connectivity index (χ1) is 14.4. The first kappa shape index (κ1) is 20.8. The molecule has 1 N–H and O–H groups in total. The van der Waals surface area contributed by atoms with Crippen molar-refractivity contribution in [2.24, 2.45) is 0 Å². The highest BCUT2D eigenvalue weighted by Gasteiger charge is 2.31. The van der Waals surface area contributed by atoms with Crippen molar-refractivity contribution in [3.8, 4) is 0 Å². The van der Waals surface area contributed by atoms with E-state index in [4.69, 9.17) is 0 Å². The van der Waals surface area contributed by atoms with Crippen molar-refractivity contribution in [3.05, 3.63) is 52.3 Å². The van der Waals surface area contributed by atoms with E-state index in [1.54, 1.807) is 4.57 Å². The van der Waals surface area contributed by atoms with Gasteiger partial charge in [-0.05, 0) is 45.4 Å². The summed E-state index contributed by atoms with van der Waals surface area (Å²) < 4.78 is 30.6. The molecule has 1 saturated heterocycles. The van der Waals surface area contributed by atoms with Crippen LogP contribution < -0.4 is 10.2 Å². The maximum absolute atomic E-state index is 14.4. The summed E-state index contributed by atoms with van der Waals surface area (Å²) in [6.07, 6.45) is 1.97. The number of nitrogens with zero attached hydrogens (tertiary/aromatic N) is 3. The minimum Gasteiger partial charge on any atom is -0.367 e. The van der Waals surface area contributed by atoms with Crippen LogP contribution in [0.4, 0.5) is 14.5 Å². The van der Waals surface area contributed by atoms with Gasteiger partial charge in [0, 0.05) is 49.0 Å². The fraction of sp³-hybridized carbons (Fsp3) is 0.522. The number of hydrogen-bond acceptors (Lipinski definition) is 3. The smallest absolute Gasteiger partial charge is 0.268 e.